The van der Waals surface area contributed by atoms with Crippen LogP contribution in [0.3, 0.4) is 0 Å². The molecule has 2 rings (SSSR count). The number of carboxylic acid groups (broad SMARTS) is 1. The summed E-state index contributed by atoms with van der Waals surface area (Å²) >= 11 is 0. The van der Waals surface area contributed by atoms with E-state index in [2.05, 4.69) is 4.98 Å². The van der Waals surface area contributed by atoms with Gasteiger partial charge in [-0.25, -0.2) is 9.59 Å². The van der Waals surface area contributed by atoms with Crippen molar-refractivity contribution in [2.75, 3.05) is 6.54 Å². The van der Waals surface area contributed by atoms with Crippen LogP contribution in [0, 0.1) is 0 Å². The van der Waals surface area contributed by atoms with Crippen LogP contribution < -0.4 is 0 Å². The summed E-state index contributed by atoms with van der Waals surface area (Å²) in [4.78, 5) is 28.9. The number of hydrogen-bond donors (Lipinski definition) is 1. The summed E-state index contributed by atoms with van der Waals surface area (Å²) in [5.74, 6) is -1.01. The van der Waals surface area contributed by atoms with Crippen LogP contribution in [-0.2, 0) is 4.74 Å². The lowest BCUT2D eigenvalue weighted by Crippen LogP contribution is -2.36. The van der Waals surface area contributed by atoms with Gasteiger partial charge in [0.05, 0.1) is 17.3 Å². The van der Waals surface area contributed by atoms with Crippen LogP contribution in [0.1, 0.15) is 55.7 Å². The molecule has 0 aliphatic carbocycles. The van der Waals surface area contributed by atoms with E-state index in [1.807, 2.05) is 20.8 Å². The van der Waals surface area contributed by atoms with E-state index in [0.717, 1.165) is 12.8 Å². The van der Waals surface area contributed by atoms with Crippen molar-refractivity contribution in [1.82, 2.24) is 9.88 Å². The van der Waals surface area contributed by atoms with E-state index in [4.69, 9.17) is 9.84 Å². The normalized spacial score (nSPS) is 18.6. The SMILES string of the molecule is CC(C)(C)OC(=O)N1CCCC1c1ccc(C(=O)O)cn1. The summed E-state index contributed by atoms with van der Waals surface area (Å²) in [5, 5.41) is 8.88. The smallest absolute Gasteiger partial charge is 0.410 e. The molecule has 6 heteroatoms. The Bertz CT molecular complexity index is 534. The number of rotatable bonds is 2. The topological polar surface area (TPSA) is 79.7 Å². The second-order valence-electron chi connectivity index (χ2n) is 6.11. The van der Waals surface area contributed by atoms with Crippen molar-refractivity contribution < 1.29 is 19.4 Å². The van der Waals surface area contributed by atoms with Gasteiger partial charge >= 0.3 is 12.1 Å². The van der Waals surface area contributed by atoms with Crippen molar-refractivity contribution in [2.45, 2.75) is 45.3 Å². The Kier molecular flexibility index (Phi) is 4.16. The maximum absolute atomic E-state index is 12.2. The number of hydrogen-bond acceptors (Lipinski definition) is 4. The lowest BCUT2D eigenvalue weighted by atomic mass is 10.1. The number of nitrogens with zero attached hydrogens (tertiary/aromatic N) is 2. The molecule has 21 heavy (non-hydrogen) atoms. The van der Waals surface area contributed by atoms with Crippen LogP contribution in [0.4, 0.5) is 4.79 Å². The van der Waals surface area contributed by atoms with Crippen LogP contribution >= 0.6 is 0 Å². The number of aromatic carboxylic acids is 1. The summed E-state index contributed by atoms with van der Waals surface area (Å²) in [6, 6.07) is 3.02. The first-order valence-electron chi connectivity index (χ1n) is 6.97. The molecule has 0 aromatic carbocycles. The van der Waals surface area contributed by atoms with Gasteiger partial charge in [0.1, 0.15) is 5.60 Å². The number of amides is 1. The van der Waals surface area contributed by atoms with Crippen molar-refractivity contribution in [1.29, 1.82) is 0 Å². The number of pyridine rings is 1. The number of carbonyl (C=O) groups excluding carboxylic acids is 1. The molecule has 0 saturated carbocycles. The fourth-order valence-corrected chi connectivity index (χ4v) is 2.34. The molecule has 1 N–H and O–H groups in total. The zero-order valence-electron chi connectivity index (χ0n) is 12.5. The summed E-state index contributed by atoms with van der Waals surface area (Å²) in [7, 11) is 0. The molecule has 0 radical (unpaired) electrons. The largest absolute Gasteiger partial charge is 0.478 e. The fraction of sp³-hybridized carbons (Fsp3) is 0.533. The van der Waals surface area contributed by atoms with Crippen molar-refractivity contribution in [3.05, 3.63) is 29.6 Å². The monoisotopic (exact) mass is 292 g/mol. The summed E-state index contributed by atoms with van der Waals surface area (Å²) in [6.07, 6.45) is 2.66. The predicted molar refractivity (Wildman–Crippen MR) is 76.1 cm³/mol. The quantitative estimate of drug-likeness (QED) is 0.906. The number of likely N-dealkylation sites (tertiary alicyclic amines) is 1. The Morgan fingerprint density at radius 1 is 1.38 bits per heavy atom. The number of carboxylic acids is 1. The van der Waals surface area contributed by atoms with Crippen molar-refractivity contribution >= 4 is 12.1 Å². The maximum Gasteiger partial charge on any atom is 0.410 e. The first-order valence-corrected chi connectivity index (χ1v) is 6.97. The molecule has 2 heterocycles. The molecule has 0 spiro atoms. The Balaban J connectivity index is 2.14. The average molecular weight is 292 g/mol. The molecule has 1 aromatic rings. The third-order valence-electron chi connectivity index (χ3n) is 3.26. The average Bonchev–Trinajstić information content (AvgIpc) is 2.86. The van der Waals surface area contributed by atoms with Gasteiger partial charge in [-0.15, -0.1) is 0 Å². The molecule has 1 unspecified atom stereocenters. The first kappa shape index (κ1) is 15.3. The molecule has 1 atom stereocenters. The summed E-state index contributed by atoms with van der Waals surface area (Å²) < 4.78 is 5.40. The van der Waals surface area contributed by atoms with Crippen LogP contribution in [0.25, 0.3) is 0 Å². The summed E-state index contributed by atoms with van der Waals surface area (Å²) in [5.41, 5.74) is 0.300. The van der Waals surface area contributed by atoms with E-state index in [-0.39, 0.29) is 17.7 Å². The third-order valence-corrected chi connectivity index (χ3v) is 3.26. The third kappa shape index (κ3) is 3.71. The van der Waals surface area contributed by atoms with E-state index in [0.29, 0.717) is 12.2 Å². The lowest BCUT2D eigenvalue weighted by Gasteiger charge is -2.28. The van der Waals surface area contributed by atoms with E-state index in [1.54, 1.807) is 11.0 Å². The van der Waals surface area contributed by atoms with Gasteiger partial charge in [0.2, 0.25) is 0 Å². The second kappa shape index (κ2) is 5.71. The Morgan fingerprint density at radius 2 is 2.10 bits per heavy atom. The molecule has 1 amide bonds. The van der Waals surface area contributed by atoms with E-state index in [9.17, 15) is 9.59 Å². The van der Waals surface area contributed by atoms with Gasteiger partial charge in [0.25, 0.3) is 0 Å². The minimum absolute atomic E-state index is 0.139. The van der Waals surface area contributed by atoms with Gasteiger partial charge in [0.15, 0.2) is 0 Å². The molecule has 1 aromatic heterocycles. The van der Waals surface area contributed by atoms with Gasteiger partial charge in [-0.2, -0.15) is 0 Å². The molecule has 6 nitrogen and oxygen atoms in total. The highest BCUT2D eigenvalue weighted by Gasteiger charge is 2.33. The van der Waals surface area contributed by atoms with Gasteiger partial charge in [-0.1, -0.05) is 0 Å². The molecule has 1 aliphatic rings. The second-order valence-corrected chi connectivity index (χ2v) is 6.11. The minimum atomic E-state index is -1.01. The Labute approximate surface area is 123 Å². The number of carbonyl (C=O) groups is 2. The zero-order valence-corrected chi connectivity index (χ0v) is 12.5. The zero-order chi connectivity index (χ0) is 15.6. The minimum Gasteiger partial charge on any atom is -0.478 e. The van der Waals surface area contributed by atoms with Gasteiger partial charge in [-0.05, 0) is 45.7 Å². The molecule has 1 saturated heterocycles. The van der Waals surface area contributed by atoms with E-state index < -0.39 is 11.6 Å². The highest BCUT2D eigenvalue weighted by atomic mass is 16.6. The Morgan fingerprint density at radius 3 is 2.62 bits per heavy atom. The molecule has 114 valence electrons. The van der Waals surface area contributed by atoms with Crippen molar-refractivity contribution in [3.63, 3.8) is 0 Å². The Hall–Kier alpha value is -2.11. The van der Waals surface area contributed by atoms with E-state index in [1.165, 1.54) is 12.3 Å². The van der Waals surface area contributed by atoms with Crippen LogP contribution in [0.2, 0.25) is 0 Å². The van der Waals surface area contributed by atoms with Crippen molar-refractivity contribution in [2.24, 2.45) is 0 Å². The van der Waals surface area contributed by atoms with Crippen LogP contribution in [0.5, 0.6) is 0 Å². The predicted octanol–water partition coefficient (Wildman–Crippen LogP) is 2.85. The van der Waals surface area contributed by atoms with Gasteiger partial charge < -0.3 is 9.84 Å². The van der Waals surface area contributed by atoms with E-state index >= 15 is 0 Å². The number of ether oxygens (including phenoxy) is 1. The highest BCUT2D eigenvalue weighted by Crippen LogP contribution is 2.32. The first-order chi connectivity index (χ1) is 9.78. The lowest BCUT2D eigenvalue weighted by molar-refractivity contribution is 0.0221. The summed E-state index contributed by atoms with van der Waals surface area (Å²) in [6.45, 7) is 6.11. The molecular weight excluding hydrogens is 272 g/mol. The van der Waals surface area contributed by atoms with Crippen LogP contribution in [-0.4, -0.2) is 39.2 Å². The van der Waals surface area contributed by atoms with Gasteiger partial charge in [-0.3, -0.25) is 9.88 Å². The molecule has 0 bridgehead atoms. The fourth-order valence-electron chi connectivity index (χ4n) is 2.34. The van der Waals surface area contributed by atoms with Gasteiger partial charge in [0, 0.05) is 12.7 Å². The molecule has 1 aliphatic heterocycles. The highest BCUT2D eigenvalue weighted by molar-refractivity contribution is 5.87. The molecular formula is C15H20N2O4. The van der Waals surface area contributed by atoms with Crippen molar-refractivity contribution in [3.8, 4) is 0 Å². The number of aromatic nitrogens is 1. The standard InChI is InChI=1S/C15H20N2O4/c1-15(2,3)21-14(20)17-8-4-5-12(17)11-7-6-10(9-16-11)13(18)19/h6-7,9,12H,4-5,8H2,1-3H3,(H,18,19). The maximum atomic E-state index is 12.2. The van der Waals surface area contributed by atoms with Crippen LogP contribution in [0.15, 0.2) is 18.3 Å². The molecule has 1 fully saturated rings.